The third-order valence-electron chi connectivity index (χ3n) is 3.07. The molecule has 2 rings (SSSR count). The smallest absolute Gasteiger partial charge is 0.316 e. The molecule has 10 heteroatoms. The van der Waals surface area contributed by atoms with Crippen LogP contribution in [0.4, 0.5) is 8.78 Å². The number of carbonyl (C=O) groups excluding carboxylic acids is 1. The third-order valence-corrected chi connectivity index (χ3v) is 5.55. The van der Waals surface area contributed by atoms with E-state index in [4.69, 9.17) is 5.73 Å². The van der Waals surface area contributed by atoms with Crippen LogP contribution >= 0.6 is 11.8 Å². The number of nitrogens with one attached hydrogen (secondary N) is 1. The van der Waals surface area contributed by atoms with Gasteiger partial charge in [0.25, 0.3) is 5.91 Å². The largest absolute Gasteiger partial charge is 0.449 e. The van der Waals surface area contributed by atoms with Crippen molar-refractivity contribution < 1.29 is 26.7 Å². The van der Waals surface area contributed by atoms with E-state index in [1.165, 1.54) is 36.0 Å². The van der Waals surface area contributed by atoms with Crippen LogP contribution in [0, 0.1) is 5.82 Å². The molecule has 0 bridgehead atoms. The molecule has 1 amide bonds. The number of benzene rings is 2. The summed E-state index contributed by atoms with van der Waals surface area (Å²) in [5.74, 6) is -2.30. The minimum Gasteiger partial charge on any atom is -0.449 e. The Morgan fingerprint density at radius 1 is 1.23 bits per heavy atom. The molecule has 0 aliphatic heterocycles. The van der Waals surface area contributed by atoms with Crippen LogP contribution in [0.3, 0.4) is 0 Å². The van der Waals surface area contributed by atoms with Gasteiger partial charge in [-0.1, -0.05) is 18.2 Å². The maximum atomic E-state index is 13.8. The normalized spacial score (nSPS) is 12.5. The predicted octanol–water partition coefficient (Wildman–Crippen LogP) is 2.06. The molecule has 2 aromatic carbocycles. The van der Waals surface area contributed by atoms with E-state index in [2.05, 4.69) is 9.46 Å². The van der Waals surface area contributed by atoms with Crippen molar-refractivity contribution in [2.75, 3.05) is 12.3 Å². The molecule has 0 heterocycles. The summed E-state index contributed by atoms with van der Waals surface area (Å²) in [6, 6.07) is 11.6. The molecule has 0 spiro atoms. The number of primary amides is 1. The zero-order valence-electron chi connectivity index (χ0n) is 13.4. The van der Waals surface area contributed by atoms with Crippen LogP contribution in [0.15, 0.2) is 58.3 Å². The number of halogens is 2. The van der Waals surface area contributed by atoms with Crippen LogP contribution in [0.25, 0.3) is 0 Å². The van der Waals surface area contributed by atoms with E-state index in [1.807, 2.05) is 0 Å². The first-order valence-corrected chi connectivity index (χ1v) is 9.83. The highest BCUT2D eigenvalue weighted by Crippen LogP contribution is 2.25. The van der Waals surface area contributed by atoms with E-state index >= 15 is 0 Å². The van der Waals surface area contributed by atoms with Crippen molar-refractivity contribution in [1.82, 2.24) is 4.72 Å². The van der Waals surface area contributed by atoms with E-state index in [0.29, 0.717) is 10.6 Å². The Balaban J connectivity index is 1.86. The highest BCUT2D eigenvalue weighted by molar-refractivity contribution is 7.99. The number of nitrogens with two attached hydrogens (primary N) is 1. The Morgan fingerprint density at radius 2 is 1.92 bits per heavy atom. The fourth-order valence-corrected chi connectivity index (χ4v) is 3.84. The third kappa shape index (κ3) is 5.68. The Labute approximate surface area is 153 Å². The van der Waals surface area contributed by atoms with Crippen LogP contribution in [0.1, 0.15) is 0 Å². The van der Waals surface area contributed by atoms with Crippen molar-refractivity contribution in [2.45, 2.75) is 16.1 Å². The molecule has 140 valence electrons. The van der Waals surface area contributed by atoms with Gasteiger partial charge in [0.15, 0.2) is 11.6 Å². The maximum Gasteiger partial charge on any atom is 0.316 e. The number of hydrogen-bond donors (Lipinski definition) is 2. The second-order valence-electron chi connectivity index (χ2n) is 4.99. The quantitative estimate of drug-likeness (QED) is 0.494. The van der Waals surface area contributed by atoms with Gasteiger partial charge < -0.3 is 10.5 Å². The second-order valence-corrected chi connectivity index (χ2v) is 7.92. The molecule has 0 aliphatic rings. The Bertz CT molecular complexity index is 864. The van der Waals surface area contributed by atoms with Crippen LogP contribution in [0.2, 0.25) is 0 Å². The van der Waals surface area contributed by atoms with E-state index in [0.717, 1.165) is 6.07 Å². The number of rotatable bonds is 9. The SMILES string of the molecule is NC(=O)C(F)Oc1ccc(SCCNS(=O)(=O)c2ccccc2)cc1F. The Kier molecular flexibility index (Phi) is 6.95. The first-order valence-electron chi connectivity index (χ1n) is 7.37. The summed E-state index contributed by atoms with van der Waals surface area (Å²) in [6.07, 6.45) is -2.43. The Hall–Kier alpha value is -2.17. The minimum absolute atomic E-state index is 0.135. The summed E-state index contributed by atoms with van der Waals surface area (Å²) in [5, 5.41) is 0. The monoisotopic (exact) mass is 402 g/mol. The van der Waals surface area contributed by atoms with E-state index in [-0.39, 0.29) is 11.4 Å². The fourth-order valence-electron chi connectivity index (χ4n) is 1.86. The van der Waals surface area contributed by atoms with E-state index < -0.39 is 33.9 Å². The number of ether oxygens (including phenoxy) is 1. The summed E-state index contributed by atoms with van der Waals surface area (Å²) in [5.41, 5.74) is 4.70. The highest BCUT2D eigenvalue weighted by atomic mass is 32.2. The topological polar surface area (TPSA) is 98.5 Å². The highest BCUT2D eigenvalue weighted by Gasteiger charge is 2.17. The fraction of sp³-hybridized carbons (Fsp3) is 0.188. The van der Waals surface area contributed by atoms with Gasteiger partial charge in [0.1, 0.15) is 0 Å². The first-order chi connectivity index (χ1) is 12.3. The second kappa shape index (κ2) is 8.97. The first kappa shape index (κ1) is 20.1. The van der Waals surface area contributed by atoms with Crippen LogP contribution in [-0.4, -0.2) is 33.0 Å². The molecule has 6 nitrogen and oxygen atoms in total. The number of alkyl halides is 1. The molecular formula is C16H16F2N2O4S2. The molecule has 3 N–H and O–H groups in total. The number of hydrogen-bond acceptors (Lipinski definition) is 5. The van der Waals surface area contributed by atoms with Gasteiger partial charge >= 0.3 is 6.36 Å². The molecule has 0 fully saturated rings. The molecule has 2 aromatic rings. The van der Waals surface area contributed by atoms with Crippen molar-refractivity contribution >= 4 is 27.7 Å². The lowest BCUT2D eigenvalue weighted by Crippen LogP contribution is -2.29. The van der Waals surface area contributed by atoms with Gasteiger partial charge in [0, 0.05) is 17.2 Å². The average molecular weight is 402 g/mol. The van der Waals surface area contributed by atoms with Gasteiger partial charge in [0.05, 0.1) is 4.90 Å². The lowest BCUT2D eigenvalue weighted by molar-refractivity contribution is -0.132. The summed E-state index contributed by atoms with van der Waals surface area (Å²) in [4.78, 5) is 11.2. The summed E-state index contributed by atoms with van der Waals surface area (Å²) in [7, 11) is -3.59. The number of amides is 1. The lowest BCUT2D eigenvalue weighted by atomic mass is 10.3. The maximum absolute atomic E-state index is 13.8. The van der Waals surface area contributed by atoms with Crippen molar-refractivity contribution in [3.05, 3.63) is 54.3 Å². The van der Waals surface area contributed by atoms with Crippen molar-refractivity contribution in [1.29, 1.82) is 0 Å². The van der Waals surface area contributed by atoms with Gasteiger partial charge in [0.2, 0.25) is 10.0 Å². The Morgan fingerprint density at radius 3 is 2.54 bits per heavy atom. The zero-order valence-corrected chi connectivity index (χ0v) is 15.0. The summed E-state index contributed by atoms with van der Waals surface area (Å²) >= 11 is 1.20. The molecule has 0 aliphatic carbocycles. The summed E-state index contributed by atoms with van der Waals surface area (Å²) in [6.45, 7) is 0.135. The minimum atomic E-state index is -3.59. The predicted molar refractivity (Wildman–Crippen MR) is 93.5 cm³/mol. The molecule has 0 saturated heterocycles. The molecule has 0 radical (unpaired) electrons. The van der Waals surface area contributed by atoms with Gasteiger partial charge in [-0.15, -0.1) is 11.8 Å². The van der Waals surface area contributed by atoms with Crippen LogP contribution < -0.4 is 15.2 Å². The lowest BCUT2D eigenvalue weighted by Gasteiger charge is -2.10. The molecule has 1 unspecified atom stereocenters. The summed E-state index contributed by atoms with van der Waals surface area (Å²) < 4.78 is 57.8. The molecule has 0 aromatic heterocycles. The van der Waals surface area contributed by atoms with Crippen LogP contribution in [0.5, 0.6) is 5.75 Å². The van der Waals surface area contributed by atoms with Gasteiger partial charge in [-0.3, -0.25) is 4.79 Å². The van der Waals surface area contributed by atoms with Crippen molar-refractivity contribution in [2.24, 2.45) is 5.73 Å². The average Bonchev–Trinajstić information content (AvgIpc) is 2.61. The molecule has 0 saturated carbocycles. The van der Waals surface area contributed by atoms with Gasteiger partial charge in [-0.2, -0.15) is 4.39 Å². The molecule has 26 heavy (non-hydrogen) atoms. The number of sulfonamides is 1. The van der Waals surface area contributed by atoms with Crippen LogP contribution in [-0.2, 0) is 14.8 Å². The number of thioether (sulfide) groups is 1. The standard InChI is InChI=1S/C16H16F2N2O4S2/c17-13-10-11(6-7-14(13)24-15(18)16(19)21)25-9-8-20-26(22,23)12-4-2-1-3-5-12/h1-7,10,15,20H,8-9H2,(H2,19,21). The molecule has 1 atom stereocenters. The van der Waals surface area contributed by atoms with Gasteiger partial charge in [-0.25, -0.2) is 17.5 Å². The zero-order chi connectivity index (χ0) is 19.2. The van der Waals surface area contributed by atoms with Crippen molar-refractivity contribution in [3.63, 3.8) is 0 Å². The van der Waals surface area contributed by atoms with E-state index in [1.54, 1.807) is 18.2 Å². The van der Waals surface area contributed by atoms with E-state index in [9.17, 15) is 22.0 Å². The molecular weight excluding hydrogens is 386 g/mol. The van der Waals surface area contributed by atoms with Gasteiger partial charge in [-0.05, 0) is 30.3 Å². The number of carbonyl (C=O) groups is 1. The van der Waals surface area contributed by atoms with Crippen molar-refractivity contribution in [3.8, 4) is 5.75 Å².